The molecular formula is C42H38F6N2O2. The first kappa shape index (κ1) is 37.9. The zero-order valence-corrected chi connectivity index (χ0v) is 29.6. The number of hydrogen-bond donors (Lipinski definition) is 0. The maximum Gasteiger partial charge on any atom is 0.185 e. The molecule has 0 saturated heterocycles. The van der Waals surface area contributed by atoms with Crippen molar-refractivity contribution >= 4 is 11.5 Å². The van der Waals surface area contributed by atoms with Crippen LogP contribution in [0.4, 0.5) is 32.0 Å². The van der Waals surface area contributed by atoms with Gasteiger partial charge in [-0.25, -0.2) is 26.3 Å². The summed E-state index contributed by atoms with van der Waals surface area (Å²) in [7, 11) is 0. The van der Waals surface area contributed by atoms with Crippen LogP contribution < -0.4 is 10.3 Å². The van der Waals surface area contributed by atoms with Gasteiger partial charge in [0.2, 0.25) is 0 Å². The number of rotatable bonds is 6. The van der Waals surface area contributed by atoms with Crippen LogP contribution in [-0.4, -0.2) is 10.4 Å². The topological polar surface area (TPSA) is 42.3 Å². The van der Waals surface area contributed by atoms with Crippen molar-refractivity contribution in [1.29, 1.82) is 0 Å². The van der Waals surface area contributed by atoms with E-state index < -0.39 is 52.4 Å². The van der Waals surface area contributed by atoms with E-state index in [1.165, 1.54) is 18.3 Å². The molecule has 2 atom stereocenters. The normalized spacial score (nSPS) is 15.5. The highest BCUT2D eigenvalue weighted by molar-refractivity contribution is 5.95. The fraction of sp³-hybridized carbons (Fsp3) is 0.238. The van der Waals surface area contributed by atoms with Crippen molar-refractivity contribution in [2.75, 3.05) is 4.90 Å². The molecule has 270 valence electrons. The van der Waals surface area contributed by atoms with Crippen molar-refractivity contribution in [3.63, 3.8) is 0 Å². The van der Waals surface area contributed by atoms with Crippen LogP contribution in [-0.2, 0) is 11.2 Å². The van der Waals surface area contributed by atoms with Crippen molar-refractivity contribution in [3.05, 3.63) is 164 Å². The molecule has 2 heterocycles. The molecule has 0 amide bonds. The average molecular weight is 717 g/mol. The number of halogens is 6. The molecular weight excluding hydrogens is 678 g/mol. The van der Waals surface area contributed by atoms with Crippen molar-refractivity contribution in [2.45, 2.75) is 60.4 Å². The minimum atomic E-state index is -1.04. The molecule has 52 heavy (non-hydrogen) atoms. The fourth-order valence-corrected chi connectivity index (χ4v) is 6.72. The number of ketones is 1. The second-order valence-electron chi connectivity index (χ2n) is 12.8. The summed E-state index contributed by atoms with van der Waals surface area (Å²) >= 11 is 0. The van der Waals surface area contributed by atoms with Gasteiger partial charge in [0.15, 0.2) is 11.2 Å². The highest BCUT2D eigenvalue weighted by atomic mass is 19.2. The molecule has 4 aromatic carbocycles. The highest BCUT2D eigenvalue weighted by Gasteiger charge is 2.38. The molecule has 1 aliphatic rings. The molecule has 4 nitrogen and oxygen atoms in total. The van der Waals surface area contributed by atoms with E-state index in [2.05, 4.69) is 0 Å². The van der Waals surface area contributed by atoms with Crippen LogP contribution >= 0.6 is 0 Å². The molecule has 0 aliphatic carbocycles. The lowest BCUT2D eigenvalue weighted by Gasteiger charge is -2.39. The molecule has 0 N–H and O–H groups in total. The lowest BCUT2D eigenvalue weighted by molar-refractivity contribution is -0.119. The summed E-state index contributed by atoms with van der Waals surface area (Å²) in [5.41, 5.74) is 4.77. The first-order valence-electron chi connectivity index (χ1n) is 16.9. The molecule has 1 aromatic heterocycles. The Balaban J connectivity index is 0.000000201. The van der Waals surface area contributed by atoms with Crippen LogP contribution in [0.5, 0.6) is 0 Å². The van der Waals surface area contributed by atoms with Crippen molar-refractivity contribution in [1.82, 2.24) is 4.57 Å². The Hall–Kier alpha value is -5.38. The number of benzene rings is 4. The van der Waals surface area contributed by atoms with Gasteiger partial charge in [-0.1, -0.05) is 38.1 Å². The van der Waals surface area contributed by atoms with Gasteiger partial charge in [-0.3, -0.25) is 9.59 Å². The molecule has 2 unspecified atom stereocenters. The number of hydrogen-bond acceptors (Lipinski definition) is 3. The van der Waals surface area contributed by atoms with Gasteiger partial charge < -0.3 is 9.47 Å². The molecule has 6 rings (SSSR count). The predicted octanol–water partition coefficient (Wildman–Crippen LogP) is 10.5. The van der Waals surface area contributed by atoms with Gasteiger partial charge in [0.05, 0.1) is 17.3 Å². The van der Waals surface area contributed by atoms with E-state index in [4.69, 9.17) is 0 Å². The van der Waals surface area contributed by atoms with E-state index in [0.29, 0.717) is 36.4 Å². The van der Waals surface area contributed by atoms with Crippen LogP contribution in [0.2, 0.25) is 0 Å². The zero-order valence-electron chi connectivity index (χ0n) is 29.6. The van der Waals surface area contributed by atoms with Gasteiger partial charge >= 0.3 is 0 Å². The van der Waals surface area contributed by atoms with E-state index >= 15 is 0 Å². The number of aromatic nitrogens is 1. The van der Waals surface area contributed by atoms with E-state index in [1.54, 1.807) is 29.5 Å². The smallest absolute Gasteiger partial charge is 0.185 e. The van der Waals surface area contributed by atoms with Crippen LogP contribution in [0, 0.1) is 68.5 Å². The highest BCUT2D eigenvalue weighted by Crippen LogP contribution is 2.42. The van der Waals surface area contributed by atoms with Gasteiger partial charge in [0.1, 0.15) is 34.9 Å². The van der Waals surface area contributed by atoms with E-state index in [0.717, 1.165) is 27.9 Å². The van der Waals surface area contributed by atoms with Gasteiger partial charge in [0.25, 0.3) is 0 Å². The van der Waals surface area contributed by atoms with Crippen molar-refractivity contribution in [2.24, 2.45) is 5.92 Å². The Morgan fingerprint density at radius 3 is 1.73 bits per heavy atom. The van der Waals surface area contributed by atoms with Crippen LogP contribution in [0.15, 0.2) is 90.0 Å². The van der Waals surface area contributed by atoms with Crippen LogP contribution in [0.25, 0.3) is 16.9 Å². The number of carbonyl (C=O) groups excluding carboxylic acids is 1. The third kappa shape index (κ3) is 7.20. The second kappa shape index (κ2) is 15.5. The molecule has 5 aromatic rings. The molecule has 0 fully saturated rings. The second-order valence-corrected chi connectivity index (χ2v) is 12.8. The van der Waals surface area contributed by atoms with Gasteiger partial charge in [-0.2, -0.15) is 0 Å². The van der Waals surface area contributed by atoms with E-state index in [9.17, 15) is 35.9 Å². The van der Waals surface area contributed by atoms with Gasteiger partial charge in [-0.05, 0) is 81.0 Å². The fourth-order valence-electron chi connectivity index (χ4n) is 6.72. The maximum absolute atomic E-state index is 14.6. The number of carbonyl (C=O) groups is 1. The minimum absolute atomic E-state index is 0.115. The summed E-state index contributed by atoms with van der Waals surface area (Å²) in [5, 5.41) is 0. The van der Waals surface area contributed by atoms with Crippen LogP contribution in [0.3, 0.4) is 0 Å². The summed E-state index contributed by atoms with van der Waals surface area (Å²) in [5.74, 6) is -6.85. The third-order valence-corrected chi connectivity index (χ3v) is 9.71. The van der Waals surface area contributed by atoms with Crippen molar-refractivity contribution in [3.8, 4) is 16.9 Å². The molecule has 10 heteroatoms. The number of allylic oxidation sites excluding steroid dienone is 1. The Labute approximate surface area is 298 Å². The SMILES string of the molecule is CCC1C(=O)C=CN(c2cccc(C)c2C)C1c1c(F)cc(F)cc1F.CCc1c(-c2c(F)cc(F)cc2F)n(-c2cccc(C)c2C)ccc1=O. The zero-order chi connectivity index (χ0) is 38.0. The van der Waals surface area contributed by atoms with Gasteiger partial charge in [0, 0.05) is 71.1 Å². The summed E-state index contributed by atoms with van der Waals surface area (Å²) in [4.78, 5) is 26.5. The van der Waals surface area contributed by atoms with Gasteiger partial charge in [-0.15, -0.1) is 0 Å². The minimum Gasteiger partial charge on any atom is -0.339 e. The maximum atomic E-state index is 14.6. The third-order valence-electron chi connectivity index (χ3n) is 9.71. The number of pyridine rings is 1. The molecule has 0 saturated carbocycles. The lowest BCUT2D eigenvalue weighted by Crippen LogP contribution is -2.38. The summed E-state index contributed by atoms with van der Waals surface area (Å²) in [6.45, 7) is 11.2. The predicted molar refractivity (Wildman–Crippen MR) is 192 cm³/mol. The Bertz CT molecular complexity index is 2210. The lowest BCUT2D eigenvalue weighted by atomic mass is 9.83. The standard InChI is InChI=1S/C21H20F3NO.C21H18F3NO/c2*1-4-15-19(26)8-9-25(18-7-5-6-12(2)13(18)3)21(15)20-16(23)10-14(22)11-17(20)24/h5-11,15,21H,4H2,1-3H3;5-11H,4H2,1-3H3. The Kier molecular flexibility index (Phi) is 11.3. The Morgan fingerprint density at radius 2 is 1.19 bits per heavy atom. The molecule has 1 aliphatic heterocycles. The summed E-state index contributed by atoms with van der Waals surface area (Å²) in [6.07, 6.45) is 5.19. The quantitative estimate of drug-likeness (QED) is 0.164. The number of aryl methyl sites for hydroxylation is 2. The van der Waals surface area contributed by atoms with Crippen LogP contribution in [0.1, 0.15) is 59.7 Å². The van der Waals surface area contributed by atoms with Crippen molar-refractivity contribution < 1.29 is 31.1 Å². The number of anilines is 1. The van der Waals surface area contributed by atoms with E-state index in [-0.39, 0.29) is 34.5 Å². The Morgan fingerprint density at radius 1 is 0.673 bits per heavy atom. The summed E-state index contributed by atoms with van der Waals surface area (Å²) in [6, 6.07) is 14.3. The first-order chi connectivity index (χ1) is 24.7. The molecule has 0 bridgehead atoms. The summed E-state index contributed by atoms with van der Waals surface area (Å²) < 4.78 is 86.5. The molecule has 0 radical (unpaired) electrons. The monoisotopic (exact) mass is 716 g/mol. The average Bonchev–Trinajstić information content (AvgIpc) is 3.07. The largest absolute Gasteiger partial charge is 0.339 e. The van der Waals surface area contributed by atoms with E-state index in [1.807, 2.05) is 64.1 Å². The molecule has 0 spiro atoms. The number of nitrogens with zero attached hydrogens (tertiary/aromatic N) is 2. The first-order valence-corrected chi connectivity index (χ1v) is 16.9.